The Bertz CT molecular complexity index is 1420. The number of nitriles is 1. The summed E-state index contributed by atoms with van der Waals surface area (Å²) < 4.78 is 12.6. The van der Waals surface area contributed by atoms with E-state index in [1.54, 1.807) is 16.7 Å². The van der Waals surface area contributed by atoms with Gasteiger partial charge in [-0.25, -0.2) is 9.48 Å². The van der Waals surface area contributed by atoms with Crippen LogP contribution in [0.15, 0.2) is 54.7 Å². The number of rotatable bonds is 7. The maximum absolute atomic E-state index is 13.3. The van der Waals surface area contributed by atoms with Gasteiger partial charge in [0.1, 0.15) is 29.1 Å². The summed E-state index contributed by atoms with van der Waals surface area (Å²) in [6, 6.07) is 16.1. The average Bonchev–Trinajstić information content (AvgIpc) is 3.69. The van der Waals surface area contributed by atoms with Gasteiger partial charge in [0.25, 0.3) is 0 Å². The van der Waals surface area contributed by atoms with Gasteiger partial charge in [0.15, 0.2) is 0 Å². The molecule has 4 atom stereocenters. The van der Waals surface area contributed by atoms with Crippen molar-refractivity contribution in [1.29, 1.82) is 5.26 Å². The lowest BCUT2D eigenvalue weighted by Gasteiger charge is -2.35. The predicted molar refractivity (Wildman–Crippen MR) is 148 cm³/mol. The number of carbonyl (C=O) groups is 2. The van der Waals surface area contributed by atoms with Gasteiger partial charge in [0.2, 0.25) is 5.91 Å². The number of fused-ring (bicyclic) bond motifs is 2. The molecule has 1 aliphatic carbocycles. The van der Waals surface area contributed by atoms with E-state index in [2.05, 4.69) is 21.7 Å². The van der Waals surface area contributed by atoms with Gasteiger partial charge in [0, 0.05) is 18.0 Å². The van der Waals surface area contributed by atoms with E-state index >= 15 is 0 Å². The highest BCUT2D eigenvalue weighted by molar-refractivity contribution is 5.87. The number of ether oxygens (including phenoxy) is 2. The first-order valence-electron chi connectivity index (χ1n) is 13.5. The van der Waals surface area contributed by atoms with Crippen LogP contribution in [0.5, 0.6) is 5.75 Å². The summed E-state index contributed by atoms with van der Waals surface area (Å²) >= 11 is 0. The van der Waals surface area contributed by atoms with Gasteiger partial charge >= 0.3 is 6.09 Å². The maximum Gasteiger partial charge on any atom is 0.411 e. The van der Waals surface area contributed by atoms with Crippen molar-refractivity contribution >= 4 is 12.0 Å². The van der Waals surface area contributed by atoms with E-state index in [1.807, 2.05) is 75.5 Å². The molecule has 208 valence electrons. The van der Waals surface area contributed by atoms with E-state index in [0.29, 0.717) is 6.42 Å². The highest BCUT2D eigenvalue weighted by atomic mass is 16.6. The fourth-order valence-corrected chi connectivity index (χ4v) is 5.61. The zero-order valence-electron chi connectivity index (χ0n) is 23.2. The molecule has 2 aromatic carbocycles. The van der Waals surface area contributed by atoms with Crippen LogP contribution in [0.25, 0.3) is 16.9 Å². The summed E-state index contributed by atoms with van der Waals surface area (Å²) in [5, 5.41) is 21.2. The number of aromatic nitrogens is 3. The first-order valence-corrected chi connectivity index (χ1v) is 13.5. The molecule has 2 heterocycles. The number of nitrogens with one attached hydrogen (secondary N) is 1. The molecule has 10 heteroatoms. The molecule has 2 fully saturated rings. The van der Waals surface area contributed by atoms with Crippen molar-refractivity contribution in [2.45, 2.75) is 70.2 Å². The highest BCUT2D eigenvalue weighted by Crippen LogP contribution is 2.43. The third-order valence-electron chi connectivity index (χ3n) is 7.43. The maximum atomic E-state index is 13.3. The number of likely N-dealkylation sites (tertiary alicyclic amines) is 1. The van der Waals surface area contributed by atoms with E-state index in [0.717, 1.165) is 47.5 Å². The molecular formula is C30H34N6O4. The fourth-order valence-electron chi connectivity index (χ4n) is 5.61. The van der Waals surface area contributed by atoms with Crippen molar-refractivity contribution < 1.29 is 19.1 Å². The Hall–Kier alpha value is -4.39. The summed E-state index contributed by atoms with van der Waals surface area (Å²) in [6.07, 6.45) is 4.26. The number of amides is 2. The van der Waals surface area contributed by atoms with Gasteiger partial charge < -0.3 is 14.8 Å². The molecule has 1 saturated carbocycles. The van der Waals surface area contributed by atoms with Gasteiger partial charge in [-0.3, -0.25) is 9.69 Å². The highest BCUT2D eigenvalue weighted by Gasteiger charge is 2.52. The van der Waals surface area contributed by atoms with Crippen LogP contribution in [0.1, 0.15) is 45.6 Å². The first-order chi connectivity index (χ1) is 19.1. The molecule has 1 aromatic heterocycles. The molecule has 1 aliphatic heterocycles. The molecule has 5 rings (SSSR count). The van der Waals surface area contributed by atoms with Gasteiger partial charge in [-0.1, -0.05) is 29.5 Å². The number of hydrogen-bond donors (Lipinski definition) is 1. The summed E-state index contributed by atoms with van der Waals surface area (Å²) in [5.74, 6) is 0.531. The average molecular weight is 543 g/mol. The second-order valence-electron chi connectivity index (χ2n) is 11.4. The SMILES string of the molecule is COc1cccc(-c2cn(-c3ccc(CC(C#N)NC(=O)C4C5CCC(C5)N4C(=O)OC(C)(C)C)cc3)nn2)c1. The zero-order valence-corrected chi connectivity index (χ0v) is 23.2. The third kappa shape index (κ3) is 5.78. The Balaban J connectivity index is 1.23. The van der Waals surface area contributed by atoms with Gasteiger partial charge in [0.05, 0.1) is 25.1 Å². The monoisotopic (exact) mass is 542 g/mol. The number of hydrogen-bond acceptors (Lipinski definition) is 7. The Labute approximate surface area is 233 Å². The summed E-state index contributed by atoms with van der Waals surface area (Å²) in [6.45, 7) is 5.44. The lowest BCUT2D eigenvalue weighted by molar-refractivity contribution is -0.128. The smallest absolute Gasteiger partial charge is 0.411 e. The number of piperidine rings is 1. The van der Waals surface area contributed by atoms with Gasteiger partial charge in [-0.15, -0.1) is 5.10 Å². The minimum absolute atomic E-state index is 0.00454. The van der Waals surface area contributed by atoms with Crippen molar-refractivity contribution in [3.05, 3.63) is 60.3 Å². The normalized spacial score (nSPS) is 20.6. The number of benzene rings is 2. The molecule has 2 amide bonds. The van der Waals surface area contributed by atoms with E-state index in [4.69, 9.17) is 9.47 Å². The van der Waals surface area contributed by atoms with Crippen LogP contribution in [0.4, 0.5) is 4.79 Å². The van der Waals surface area contributed by atoms with Crippen molar-refractivity contribution in [3.8, 4) is 28.8 Å². The second-order valence-corrected chi connectivity index (χ2v) is 11.4. The fraction of sp³-hybridized carbons (Fsp3) is 0.433. The van der Waals surface area contributed by atoms with Crippen LogP contribution in [0.3, 0.4) is 0 Å². The van der Waals surface area contributed by atoms with Crippen LogP contribution in [0, 0.1) is 17.2 Å². The largest absolute Gasteiger partial charge is 0.497 e. The molecule has 40 heavy (non-hydrogen) atoms. The Morgan fingerprint density at radius 1 is 1.18 bits per heavy atom. The van der Waals surface area contributed by atoms with E-state index in [-0.39, 0.29) is 17.9 Å². The summed E-state index contributed by atoms with van der Waals surface area (Å²) in [5.41, 5.74) is 2.68. The van der Waals surface area contributed by atoms with Crippen molar-refractivity contribution in [3.63, 3.8) is 0 Å². The molecule has 0 spiro atoms. The van der Waals surface area contributed by atoms with Crippen LogP contribution in [-0.4, -0.2) is 62.7 Å². The standard InChI is InChI=1S/C30H34N6O4/c1-30(2,3)40-29(38)36-24-13-10-21(15-24)27(36)28(37)32-22(17-31)14-19-8-11-23(12-9-19)35-18-26(33-34-35)20-6-5-7-25(16-20)39-4/h5-9,11-12,16,18,21-22,24,27H,10,13-15H2,1-4H3,(H,32,37). The molecule has 0 radical (unpaired) electrons. The van der Waals surface area contributed by atoms with Crippen LogP contribution < -0.4 is 10.1 Å². The van der Waals surface area contributed by atoms with Crippen molar-refractivity contribution in [2.75, 3.05) is 7.11 Å². The molecule has 2 bridgehead atoms. The lowest BCUT2D eigenvalue weighted by atomic mass is 9.97. The number of nitrogens with zero attached hydrogens (tertiary/aromatic N) is 5. The van der Waals surface area contributed by atoms with Gasteiger partial charge in [-0.2, -0.15) is 5.26 Å². The van der Waals surface area contributed by atoms with Crippen molar-refractivity contribution in [2.24, 2.45) is 5.92 Å². The Kier molecular flexibility index (Phi) is 7.48. The van der Waals surface area contributed by atoms with Crippen LogP contribution in [-0.2, 0) is 16.0 Å². The molecule has 4 unspecified atom stereocenters. The quantitative estimate of drug-likeness (QED) is 0.473. The van der Waals surface area contributed by atoms with Crippen molar-refractivity contribution in [1.82, 2.24) is 25.2 Å². The van der Waals surface area contributed by atoms with E-state index in [9.17, 15) is 14.9 Å². The topological polar surface area (TPSA) is 122 Å². The molecule has 1 saturated heterocycles. The van der Waals surface area contributed by atoms with E-state index in [1.165, 1.54) is 0 Å². The van der Waals surface area contributed by atoms with Crippen LogP contribution >= 0.6 is 0 Å². The summed E-state index contributed by atoms with van der Waals surface area (Å²) in [4.78, 5) is 27.8. The molecule has 3 aromatic rings. The Morgan fingerprint density at radius 2 is 1.95 bits per heavy atom. The third-order valence-corrected chi connectivity index (χ3v) is 7.43. The van der Waals surface area contributed by atoms with E-state index < -0.39 is 23.8 Å². The first kappa shape index (κ1) is 27.2. The summed E-state index contributed by atoms with van der Waals surface area (Å²) in [7, 11) is 1.62. The Morgan fingerprint density at radius 3 is 2.65 bits per heavy atom. The molecule has 10 nitrogen and oxygen atoms in total. The number of carbonyl (C=O) groups excluding carboxylic acids is 2. The van der Waals surface area contributed by atoms with Crippen LogP contribution in [0.2, 0.25) is 0 Å². The molecule has 1 N–H and O–H groups in total. The van der Waals surface area contributed by atoms with Gasteiger partial charge in [-0.05, 0) is 75.8 Å². The minimum Gasteiger partial charge on any atom is -0.497 e. The number of methoxy groups -OCH3 is 1. The minimum atomic E-state index is -0.732. The molecular weight excluding hydrogens is 508 g/mol. The molecule has 2 aliphatic rings. The lowest BCUT2D eigenvalue weighted by Crippen LogP contribution is -2.55. The predicted octanol–water partition coefficient (Wildman–Crippen LogP) is 4.28. The second kappa shape index (κ2) is 11.0. The zero-order chi connectivity index (χ0) is 28.4.